The molecule has 1 aromatic heterocycles. The topological polar surface area (TPSA) is 67.2 Å². The Hall–Kier alpha value is -1.85. The van der Waals surface area contributed by atoms with Crippen molar-refractivity contribution in [2.75, 3.05) is 6.54 Å². The number of amides is 2. The molecule has 0 aromatic carbocycles. The van der Waals surface area contributed by atoms with Crippen molar-refractivity contribution in [2.24, 2.45) is 7.05 Å². The number of rotatable bonds is 4. The average molecular weight is 264 g/mol. The van der Waals surface area contributed by atoms with Gasteiger partial charge in [-0.3, -0.25) is 9.59 Å². The Morgan fingerprint density at radius 3 is 2.74 bits per heavy atom. The summed E-state index contributed by atoms with van der Waals surface area (Å²) in [7, 11) is 1.92. The number of nitrogens with one attached hydrogen (secondary N) is 1. The Labute approximate surface area is 112 Å². The van der Waals surface area contributed by atoms with E-state index in [1.165, 1.54) is 0 Å². The van der Waals surface area contributed by atoms with Gasteiger partial charge in [-0.15, -0.1) is 0 Å². The van der Waals surface area contributed by atoms with Crippen LogP contribution >= 0.6 is 0 Å². The van der Waals surface area contributed by atoms with E-state index in [0.29, 0.717) is 19.4 Å². The zero-order chi connectivity index (χ0) is 14.0. The first-order valence-corrected chi connectivity index (χ1v) is 6.61. The summed E-state index contributed by atoms with van der Waals surface area (Å²) >= 11 is 0. The second-order valence-corrected chi connectivity index (χ2v) is 4.89. The van der Waals surface area contributed by atoms with Gasteiger partial charge in [0, 0.05) is 32.4 Å². The van der Waals surface area contributed by atoms with Crippen LogP contribution < -0.4 is 5.32 Å². The zero-order valence-electron chi connectivity index (χ0n) is 11.6. The van der Waals surface area contributed by atoms with Gasteiger partial charge in [-0.25, -0.2) is 4.98 Å². The standard InChI is InChI=1S/C13H20N4O2/c1-4-10-12(18)15-9(2)13(19)17(10)7-5-11-14-6-8-16(11)3/h6,8-10H,4-5,7H2,1-3H3,(H,15,18). The molecular weight excluding hydrogens is 244 g/mol. The smallest absolute Gasteiger partial charge is 0.245 e. The number of hydrogen-bond acceptors (Lipinski definition) is 3. The van der Waals surface area contributed by atoms with Crippen molar-refractivity contribution in [3.63, 3.8) is 0 Å². The van der Waals surface area contributed by atoms with Gasteiger partial charge in [0.2, 0.25) is 11.8 Å². The van der Waals surface area contributed by atoms with Gasteiger partial charge in [-0.1, -0.05) is 6.92 Å². The molecule has 1 N–H and O–H groups in total. The van der Waals surface area contributed by atoms with Gasteiger partial charge in [0.25, 0.3) is 0 Å². The van der Waals surface area contributed by atoms with Crippen molar-refractivity contribution in [3.8, 4) is 0 Å². The molecule has 2 atom stereocenters. The van der Waals surface area contributed by atoms with Crippen molar-refractivity contribution in [1.29, 1.82) is 0 Å². The Bertz CT molecular complexity index is 483. The largest absolute Gasteiger partial charge is 0.343 e. The minimum absolute atomic E-state index is 0.0133. The summed E-state index contributed by atoms with van der Waals surface area (Å²) in [5, 5.41) is 2.71. The van der Waals surface area contributed by atoms with Gasteiger partial charge in [0.05, 0.1) is 0 Å². The SMILES string of the molecule is CCC1C(=O)NC(C)C(=O)N1CCc1nccn1C. The van der Waals surface area contributed by atoms with Crippen molar-refractivity contribution in [3.05, 3.63) is 18.2 Å². The number of nitrogens with zero attached hydrogens (tertiary/aromatic N) is 3. The van der Waals surface area contributed by atoms with E-state index in [1.54, 1.807) is 18.0 Å². The molecule has 1 fully saturated rings. The zero-order valence-corrected chi connectivity index (χ0v) is 11.6. The van der Waals surface area contributed by atoms with Crippen LogP contribution in [0.25, 0.3) is 0 Å². The number of imidazole rings is 1. The highest BCUT2D eigenvalue weighted by Gasteiger charge is 2.37. The van der Waals surface area contributed by atoms with E-state index in [0.717, 1.165) is 5.82 Å². The molecule has 1 aliphatic rings. The Kier molecular flexibility index (Phi) is 3.87. The lowest BCUT2D eigenvalue weighted by atomic mass is 10.1. The van der Waals surface area contributed by atoms with Crippen LogP contribution in [0.5, 0.6) is 0 Å². The molecule has 0 aliphatic carbocycles. The third kappa shape index (κ3) is 2.62. The lowest BCUT2D eigenvalue weighted by molar-refractivity contribution is -0.148. The summed E-state index contributed by atoms with van der Waals surface area (Å²) in [6.45, 7) is 4.17. The summed E-state index contributed by atoms with van der Waals surface area (Å²) in [4.78, 5) is 30.0. The maximum atomic E-state index is 12.2. The van der Waals surface area contributed by atoms with Crippen LogP contribution in [0.15, 0.2) is 12.4 Å². The number of piperazine rings is 1. The fourth-order valence-corrected chi connectivity index (χ4v) is 2.44. The molecule has 2 heterocycles. The summed E-state index contributed by atoms with van der Waals surface area (Å²) in [6, 6.07) is -0.791. The highest BCUT2D eigenvalue weighted by atomic mass is 16.2. The first-order valence-electron chi connectivity index (χ1n) is 6.61. The molecule has 1 aromatic rings. The van der Waals surface area contributed by atoms with E-state index < -0.39 is 6.04 Å². The normalized spacial score (nSPS) is 23.6. The van der Waals surface area contributed by atoms with Crippen LogP contribution in [0.1, 0.15) is 26.1 Å². The Morgan fingerprint density at radius 2 is 2.16 bits per heavy atom. The lowest BCUT2D eigenvalue weighted by Gasteiger charge is -2.37. The van der Waals surface area contributed by atoms with Crippen molar-refractivity contribution in [2.45, 2.75) is 38.8 Å². The maximum Gasteiger partial charge on any atom is 0.245 e. The molecule has 2 unspecified atom stereocenters. The molecule has 0 saturated carbocycles. The minimum Gasteiger partial charge on any atom is -0.343 e. The first-order chi connectivity index (χ1) is 9.04. The molecule has 19 heavy (non-hydrogen) atoms. The van der Waals surface area contributed by atoms with Crippen LogP contribution in [0.4, 0.5) is 0 Å². The fourth-order valence-electron chi connectivity index (χ4n) is 2.44. The van der Waals surface area contributed by atoms with Crippen molar-refractivity contribution in [1.82, 2.24) is 19.8 Å². The molecule has 2 amide bonds. The number of aryl methyl sites for hydroxylation is 1. The molecule has 6 nitrogen and oxygen atoms in total. The molecule has 0 radical (unpaired) electrons. The molecule has 1 aliphatic heterocycles. The number of aromatic nitrogens is 2. The average Bonchev–Trinajstić information content (AvgIpc) is 2.77. The highest BCUT2D eigenvalue weighted by molar-refractivity contribution is 5.96. The highest BCUT2D eigenvalue weighted by Crippen LogP contribution is 2.13. The second kappa shape index (κ2) is 5.42. The predicted molar refractivity (Wildman–Crippen MR) is 70.3 cm³/mol. The molecule has 0 bridgehead atoms. The first kappa shape index (κ1) is 13.6. The van der Waals surface area contributed by atoms with Gasteiger partial charge in [0.15, 0.2) is 0 Å². The fraction of sp³-hybridized carbons (Fsp3) is 0.615. The van der Waals surface area contributed by atoms with Crippen LogP contribution in [0.2, 0.25) is 0 Å². The van der Waals surface area contributed by atoms with E-state index in [2.05, 4.69) is 10.3 Å². The van der Waals surface area contributed by atoms with E-state index in [1.807, 2.05) is 24.7 Å². The molecule has 104 valence electrons. The second-order valence-electron chi connectivity index (χ2n) is 4.89. The maximum absolute atomic E-state index is 12.2. The van der Waals surface area contributed by atoms with Crippen LogP contribution in [0.3, 0.4) is 0 Å². The molecule has 6 heteroatoms. The lowest BCUT2D eigenvalue weighted by Crippen LogP contribution is -2.62. The van der Waals surface area contributed by atoms with E-state index in [4.69, 9.17) is 0 Å². The van der Waals surface area contributed by atoms with Crippen molar-refractivity contribution < 1.29 is 9.59 Å². The summed E-state index contributed by atoms with van der Waals surface area (Å²) in [5.41, 5.74) is 0. The summed E-state index contributed by atoms with van der Waals surface area (Å²) in [5.74, 6) is 0.844. The summed E-state index contributed by atoms with van der Waals surface area (Å²) < 4.78 is 1.93. The van der Waals surface area contributed by atoms with Gasteiger partial charge in [-0.2, -0.15) is 0 Å². The van der Waals surface area contributed by atoms with E-state index >= 15 is 0 Å². The van der Waals surface area contributed by atoms with E-state index in [-0.39, 0.29) is 17.9 Å². The quantitative estimate of drug-likeness (QED) is 0.838. The number of hydrogen-bond donors (Lipinski definition) is 1. The van der Waals surface area contributed by atoms with Crippen LogP contribution in [-0.4, -0.2) is 44.9 Å². The van der Waals surface area contributed by atoms with Gasteiger partial charge in [-0.05, 0) is 13.3 Å². The van der Waals surface area contributed by atoms with Gasteiger partial charge < -0.3 is 14.8 Å². The predicted octanol–water partition coefficient (Wildman–Crippen LogP) is 0.0881. The summed E-state index contributed by atoms with van der Waals surface area (Å²) in [6.07, 6.45) is 4.90. The van der Waals surface area contributed by atoms with Crippen LogP contribution in [0, 0.1) is 0 Å². The van der Waals surface area contributed by atoms with Gasteiger partial charge >= 0.3 is 0 Å². The minimum atomic E-state index is -0.434. The third-order valence-electron chi connectivity index (χ3n) is 3.58. The Balaban J connectivity index is 2.09. The monoisotopic (exact) mass is 264 g/mol. The number of carbonyl (C=O) groups is 2. The molecule has 1 saturated heterocycles. The van der Waals surface area contributed by atoms with Gasteiger partial charge in [0.1, 0.15) is 17.9 Å². The Morgan fingerprint density at radius 1 is 1.42 bits per heavy atom. The number of carbonyl (C=O) groups excluding carboxylic acids is 2. The third-order valence-corrected chi connectivity index (χ3v) is 3.58. The molecule has 2 rings (SSSR count). The van der Waals surface area contributed by atoms with E-state index in [9.17, 15) is 9.59 Å². The molecule has 0 spiro atoms. The molecular formula is C13H20N4O2. The van der Waals surface area contributed by atoms with Crippen LogP contribution in [-0.2, 0) is 23.1 Å². The van der Waals surface area contributed by atoms with Crippen molar-refractivity contribution >= 4 is 11.8 Å².